The lowest BCUT2D eigenvalue weighted by atomic mass is 10.1. The van der Waals surface area contributed by atoms with Crippen molar-refractivity contribution < 1.29 is 4.79 Å². The van der Waals surface area contributed by atoms with Gasteiger partial charge in [0.1, 0.15) is 0 Å². The molecule has 0 saturated heterocycles. The second kappa shape index (κ2) is 8.17. The molecule has 5 heteroatoms. The first kappa shape index (κ1) is 16.9. The number of thioether (sulfide) groups is 1. The molecular formula is C15H25N3OS. The van der Waals surface area contributed by atoms with Crippen LogP contribution in [0.25, 0.3) is 0 Å². The van der Waals surface area contributed by atoms with Gasteiger partial charge in [-0.25, -0.2) is 4.79 Å². The van der Waals surface area contributed by atoms with Crippen molar-refractivity contribution in [3.05, 3.63) is 29.8 Å². The van der Waals surface area contributed by atoms with E-state index in [9.17, 15) is 4.79 Å². The molecule has 2 unspecified atom stereocenters. The van der Waals surface area contributed by atoms with Crippen LogP contribution in [0.3, 0.4) is 0 Å². The minimum Gasteiger partial charge on any atom is -0.324 e. The van der Waals surface area contributed by atoms with Crippen molar-refractivity contribution in [1.29, 1.82) is 0 Å². The quantitative estimate of drug-likeness (QED) is 0.846. The molecule has 0 heterocycles. The van der Waals surface area contributed by atoms with Crippen LogP contribution < -0.4 is 11.1 Å². The highest BCUT2D eigenvalue weighted by atomic mass is 32.2. The molecule has 2 amide bonds. The predicted molar refractivity (Wildman–Crippen MR) is 88.3 cm³/mol. The van der Waals surface area contributed by atoms with E-state index in [1.165, 1.54) is 0 Å². The maximum atomic E-state index is 12.2. The summed E-state index contributed by atoms with van der Waals surface area (Å²) < 4.78 is 0. The number of rotatable bonds is 6. The highest BCUT2D eigenvalue weighted by molar-refractivity contribution is 7.98. The smallest absolute Gasteiger partial charge is 0.321 e. The summed E-state index contributed by atoms with van der Waals surface area (Å²) in [4.78, 5) is 14.0. The van der Waals surface area contributed by atoms with E-state index in [-0.39, 0.29) is 18.1 Å². The van der Waals surface area contributed by atoms with Gasteiger partial charge >= 0.3 is 6.03 Å². The summed E-state index contributed by atoms with van der Waals surface area (Å²) in [6.07, 6.45) is 3.01. The first-order valence-electron chi connectivity index (χ1n) is 6.87. The van der Waals surface area contributed by atoms with Gasteiger partial charge in [0.15, 0.2) is 0 Å². The average molecular weight is 295 g/mol. The van der Waals surface area contributed by atoms with Crippen LogP contribution in [-0.2, 0) is 0 Å². The summed E-state index contributed by atoms with van der Waals surface area (Å²) in [5, 5.41) is 2.93. The molecule has 0 aromatic heterocycles. The number of amides is 2. The van der Waals surface area contributed by atoms with Crippen molar-refractivity contribution >= 4 is 23.5 Å². The molecule has 0 aliphatic rings. The third kappa shape index (κ3) is 4.72. The third-order valence-electron chi connectivity index (χ3n) is 3.36. The number of hydrogen-bond acceptors (Lipinski definition) is 3. The molecule has 1 aromatic rings. The van der Waals surface area contributed by atoms with E-state index >= 15 is 0 Å². The van der Waals surface area contributed by atoms with Gasteiger partial charge in [0.05, 0.1) is 0 Å². The standard InChI is InChI=1S/C15H25N3OS/c1-5-14(10-20-4)18(3)15(19)17-13-8-6-7-12(9-13)11(2)16/h6-9,11,14H,5,10,16H2,1-4H3,(H,17,19). The zero-order valence-corrected chi connectivity index (χ0v) is 13.5. The zero-order valence-electron chi connectivity index (χ0n) is 12.7. The van der Waals surface area contributed by atoms with Crippen LogP contribution in [0.4, 0.5) is 10.5 Å². The summed E-state index contributed by atoms with van der Waals surface area (Å²) in [5.41, 5.74) is 7.66. The Labute approximate surface area is 126 Å². The van der Waals surface area contributed by atoms with E-state index in [0.717, 1.165) is 23.4 Å². The zero-order chi connectivity index (χ0) is 15.1. The Morgan fingerprint density at radius 1 is 1.50 bits per heavy atom. The Morgan fingerprint density at radius 2 is 2.20 bits per heavy atom. The number of benzene rings is 1. The second-order valence-electron chi connectivity index (χ2n) is 4.97. The Morgan fingerprint density at radius 3 is 2.75 bits per heavy atom. The van der Waals surface area contributed by atoms with Gasteiger partial charge in [-0.2, -0.15) is 11.8 Å². The van der Waals surface area contributed by atoms with Crippen molar-refractivity contribution in [2.45, 2.75) is 32.4 Å². The molecule has 112 valence electrons. The Bertz CT molecular complexity index is 437. The van der Waals surface area contributed by atoms with Crippen molar-refractivity contribution in [3.63, 3.8) is 0 Å². The van der Waals surface area contributed by atoms with Crippen molar-refractivity contribution in [2.24, 2.45) is 5.73 Å². The maximum absolute atomic E-state index is 12.2. The first-order valence-corrected chi connectivity index (χ1v) is 8.27. The molecule has 2 atom stereocenters. The molecular weight excluding hydrogens is 270 g/mol. The number of nitrogens with two attached hydrogens (primary N) is 1. The number of urea groups is 1. The Kier molecular flexibility index (Phi) is 6.88. The average Bonchev–Trinajstić information content (AvgIpc) is 2.44. The summed E-state index contributed by atoms with van der Waals surface area (Å²) in [6.45, 7) is 4.03. The van der Waals surface area contributed by atoms with Gasteiger partial charge in [-0.3, -0.25) is 0 Å². The number of hydrogen-bond donors (Lipinski definition) is 2. The summed E-state index contributed by atoms with van der Waals surface area (Å²) in [7, 11) is 1.84. The minimum atomic E-state index is -0.0762. The first-order chi connectivity index (χ1) is 9.49. The van der Waals surface area contributed by atoms with Gasteiger partial charge in [0.25, 0.3) is 0 Å². The predicted octanol–water partition coefficient (Wildman–Crippen LogP) is 3.31. The second-order valence-corrected chi connectivity index (χ2v) is 5.88. The van der Waals surface area contributed by atoms with Crippen LogP contribution in [0, 0.1) is 0 Å². The summed E-state index contributed by atoms with van der Waals surface area (Å²) in [6, 6.07) is 7.82. The van der Waals surface area contributed by atoms with Gasteiger partial charge in [-0.1, -0.05) is 19.1 Å². The topological polar surface area (TPSA) is 58.4 Å². The van der Waals surface area contributed by atoms with Gasteiger partial charge in [-0.05, 0) is 37.3 Å². The van der Waals surface area contributed by atoms with E-state index in [1.54, 1.807) is 16.7 Å². The van der Waals surface area contributed by atoms with Gasteiger partial charge in [0.2, 0.25) is 0 Å². The molecule has 0 bridgehead atoms. The lowest BCUT2D eigenvalue weighted by Gasteiger charge is -2.27. The molecule has 4 nitrogen and oxygen atoms in total. The van der Waals surface area contributed by atoms with Crippen LogP contribution in [0.5, 0.6) is 0 Å². The number of nitrogens with zero attached hydrogens (tertiary/aromatic N) is 1. The van der Waals surface area contributed by atoms with E-state index in [1.807, 2.05) is 38.2 Å². The fraction of sp³-hybridized carbons (Fsp3) is 0.533. The lowest BCUT2D eigenvalue weighted by molar-refractivity contribution is 0.207. The monoisotopic (exact) mass is 295 g/mol. The van der Waals surface area contributed by atoms with Crippen molar-refractivity contribution in [2.75, 3.05) is 24.4 Å². The van der Waals surface area contributed by atoms with Crippen LogP contribution in [0.15, 0.2) is 24.3 Å². The highest BCUT2D eigenvalue weighted by Gasteiger charge is 2.17. The molecule has 0 aliphatic heterocycles. The molecule has 3 N–H and O–H groups in total. The van der Waals surface area contributed by atoms with Gasteiger partial charge in [-0.15, -0.1) is 0 Å². The minimum absolute atomic E-state index is 0.0375. The highest BCUT2D eigenvalue weighted by Crippen LogP contribution is 2.17. The molecule has 0 aliphatic carbocycles. The summed E-state index contributed by atoms with van der Waals surface area (Å²) in [5.74, 6) is 0.945. The molecule has 0 radical (unpaired) electrons. The number of carbonyl (C=O) groups is 1. The fourth-order valence-corrected chi connectivity index (χ4v) is 2.82. The number of nitrogens with one attached hydrogen (secondary N) is 1. The van der Waals surface area contributed by atoms with Crippen LogP contribution in [0.1, 0.15) is 31.9 Å². The maximum Gasteiger partial charge on any atom is 0.321 e. The fourth-order valence-electron chi connectivity index (χ4n) is 1.97. The lowest BCUT2D eigenvalue weighted by Crippen LogP contribution is -2.41. The van der Waals surface area contributed by atoms with E-state index < -0.39 is 0 Å². The molecule has 1 aromatic carbocycles. The SMILES string of the molecule is CCC(CSC)N(C)C(=O)Nc1cccc(C(C)N)c1. The summed E-state index contributed by atoms with van der Waals surface area (Å²) >= 11 is 1.75. The van der Waals surface area contributed by atoms with Crippen molar-refractivity contribution in [1.82, 2.24) is 4.90 Å². The molecule has 0 spiro atoms. The van der Waals surface area contributed by atoms with E-state index in [0.29, 0.717) is 0 Å². The van der Waals surface area contributed by atoms with Gasteiger partial charge in [0, 0.05) is 30.6 Å². The molecule has 0 fully saturated rings. The number of anilines is 1. The Hall–Kier alpha value is -1.20. The van der Waals surface area contributed by atoms with E-state index in [2.05, 4.69) is 18.5 Å². The Balaban J connectivity index is 2.72. The molecule has 20 heavy (non-hydrogen) atoms. The number of carbonyl (C=O) groups excluding carboxylic acids is 1. The molecule has 1 rings (SSSR count). The normalized spacial score (nSPS) is 13.7. The van der Waals surface area contributed by atoms with Crippen LogP contribution >= 0.6 is 11.8 Å². The van der Waals surface area contributed by atoms with E-state index in [4.69, 9.17) is 5.73 Å². The van der Waals surface area contributed by atoms with Crippen LogP contribution in [-0.4, -0.2) is 36.0 Å². The van der Waals surface area contributed by atoms with Crippen LogP contribution in [0.2, 0.25) is 0 Å². The van der Waals surface area contributed by atoms with Gasteiger partial charge < -0.3 is 16.0 Å². The largest absolute Gasteiger partial charge is 0.324 e. The third-order valence-corrected chi connectivity index (χ3v) is 4.08. The van der Waals surface area contributed by atoms with Crippen molar-refractivity contribution in [3.8, 4) is 0 Å². The molecule has 0 saturated carbocycles.